The fourth-order valence-corrected chi connectivity index (χ4v) is 1.20. The van der Waals surface area contributed by atoms with Crippen LogP contribution in [0.5, 0.6) is 0 Å². The molecule has 0 aromatic rings. The first-order valence-corrected chi connectivity index (χ1v) is 4.79. The van der Waals surface area contributed by atoms with E-state index in [4.69, 9.17) is 10.5 Å². The Hall–Kier alpha value is -1.32. The van der Waals surface area contributed by atoms with E-state index in [2.05, 4.69) is 4.99 Å². The minimum absolute atomic E-state index is 0.354. The molecule has 0 radical (unpaired) electrons. The monoisotopic (exact) mass is 196 g/mol. The summed E-state index contributed by atoms with van der Waals surface area (Å²) in [6.07, 6.45) is 3.60. The predicted molar refractivity (Wildman–Crippen MR) is 55.0 cm³/mol. The number of allylic oxidation sites excluding steroid dienone is 1. The van der Waals surface area contributed by atoms with Crippen LogP contribution in [-0.4, -0.2) is 25.8 Å². The van der Waals surface area contributed by atoms with Crippen LogP contribution in [-0.2, 0) is 9.53 Å². The molecular formula is C10H16N2O2. The molecule has 0 saturated heterocycles. The van der Waals surface area contributed by atoms with Crippen molar-refractivity contribution in [3.63, 3.8) is 0 Å². The molecule has 0 atom stereocenters. The maximum absolute atomic E-state index is 11.5. The SMILES string of the molecule is CCOC(=O)C(C=NC)=C(N)C1CC1. The van der Waals surface area contributed by atoms with E-state index in [0.29, 0.717) is 23.8 Å². The molecule has 14 heavy (non-hydrogen) atoms. The highest BCUT2D eigenvalue weighted by atomic mass is 16.5. The van der Waals surface area contributed by atoms with Gasteiger partial charge >= 0.3 is 5.97 Å². The average Bonchev–Trinajstić information content (AvgIpc) is 2.96. The van der Waals surface area contributed by atoms with E-state index in [9.17, 15) is 4.79 Å². The summed E-state index contributed by atoms with van der Waals surface area (Å²) in [5.74, 6) is -0.0186. The smallest absolute Gasteiger partial charge is 0.341 e. The Bertz CT molecular complexity index is 278. The van der Waals surface area contributed by atoms with Gasteiger partial charge in [0.1, 0.15) is 0 Å². The van der Waals surface area contributed by atoms with Crippen LogP contribution in [0.25, 0.3) is 0 Å². The van der Waals surface area contributed by atoms with Gasteiger partial charge in [-0.2, -0.15) is 0 Å². The molecule has 78 valence electrons. The molecule has 0 aliphatic heterocycles. The van der Waals surface area contributed by atoms with Crippen molar-refractivity contribution in [1.82, 2.24) is 0 Å². The summed E-state index contributed by atoms with van der Waals surface area (Å²) >= 11 is 0. The number of rotatable bonds is 4. The second-order valence-electron chi connectivity index (χ2n) is 3.25. The van der Waals surface area contributed by atoms with Crippen molar-refractivity contribution in [3.8, 4) is 0 Å². The molecule has 0 aromatic carbocycles. The van der Waals surface area contributed by atoms with Crippen LogP contribution < -0.4 is 5.73 Å². The summed E-state index contributed by atoms with van der Waals surface area (Å²) in [4.78, 5) is 15.3. The Kier molecular flexibility index (Phi) is 3.68. The van der Waals surface area contributed by atoms with Gasteiger partial charge in [0.25, 0.3) is 0 Å². The van der Waals surface area contributed by atoms with E-state index in [1.807, 2.05) is 0 Å². The fraction of sp³-hybridized carbons (Fsp3) is 0.600. The second-order valence-corrected chi connectivity index (χ2v) is 3.25. The first-order valence-electron chi connectivity index (χ1n) is 4.79. The number of nitrogens with two attached hydrogens (primary N) is 1. The van der Waals surface area contributed by atoms with Crippen molar-refractivity contribution in [2.75, 3.05) is 13.7 Å². The quantitative estimate of drug-likeness (QED) is 0.412. The minimum atomic E-state index is -0.373. The highest BCUT2D eigenvalue weighted by molar-refractivity contribution is 6.10. The summed E-state index contributed by atoms with van der Waals surface area (Å²) in [6, 6.07) is 0. The van der Waals surface area contributed by atoms with E-state index in [1.165, 1.54) is 6.21 Å². The van der Waals surface area contributed by atoms with Gasteiger partial charge in [0.2, 0.25) is 0 Å². The van der Waals surface area contributed by atoms with Crippen LogP contribution in [0.15, 0.2) is 16.3 Å². The summed E-state index contributed by atoms with van der Waals surface area (Å²) < 4.78 is 4.89. The molecule has 1 saturated carbocycles. The van der Waals surface area contributed by atoms with E-state index in [-0.39, 0.29) is 5.97 Å². The highest BCUT2D eigenvalue weighted by Gasteiger charge is 2.28. The van der Waals surface area contributed by atoms with Gasteiger partial charge in [-0.3, -0.25) is 4.99 Å². The molecule has 0 heterocycles. The van der Waals surface area contributed by atoms with Crippen LogP contribution >= 0.6 is 0 Å². The third-order valence-corrected chi connectivity index (χ3v) is 2.08. The molecule has 1 aliphatic carbocycles. The number of aliphatic imine (C=N–C) groups is 1. The molecule has 0 bridgehead atoms. The Labute approximate surface area is 83.8 Å². The molecule has 1 aliphatic rings. The fourth-order valence-electron chi connectivity index (χ4n) is 1.20. The van der Waals surface area contributed by atoms with Gasteiger partial charge in [0, 0.05) is 19.0 Å². The van der Waals surface area contributed by atoms with Gasteiger partial charge in [0.05, 0.1) is 12.2 Å². The van der Waals surface area contributed by atoms with Crippen molar-refractivity contribution in [2.45, 2.75) is 19.8 Å². The number of hydrogen-bond acceptors (Lipinski definition) is 4. The van der Waals surface area contributed by atoms with E-state index in [1.54, 1.807) is 14.0 Å². The molecule has 1 fully saturated rings. The summed E-state index contributed by atoms with van der Waals surface area (Å²) in [7, 11) is 1.61. The van der Waals surface area contributed by atoms with E-state index in [0.717, 1.165) is 12.8 Å². The molecule has 1 rings (SSSR count). The van der Waals surface area contributed by atoms with Gasteiger partial charge in [-0.25, -0.2) is 4.79 Å². The van der Waals surface area contributed by atoms with E-state index >= 15 is 0 Å². The number of ether oxygens (including phenoxy) is 1. The Morgan fingerprint density at radius 1 is 1.64 bits per heavy atom. The zero-order chi connectivity index (χ0) is 10.6. The Morgan fingerprint density at radius 3 is 2.71 bits per heavy atom. The van der Waals surface area contributed by atoms with Gasteiger partial charge < -0.3 is 10.5 Å². The Balaban J connectivity index is 2.81. The third-order valence-electron chi connectivity index (χ3n) is 2.08. The number of carbonyl (C=O) groups excluding carboxylic acids is 1. The summed E-state index contributed by atoms with van der Waals surface area (Å²) in [5, 5.41) is 0. The molecule has 0 unspecified atom stereocenters. The standard InChI is InChI=1S/C10H16N2O2/c1-3-14-10(13)8(6-12-2)9(11)7-4-5-7/h6-7H,3-5,11H2,1-2H3. The molecule has 0 amide bonds. The third kappa shape index (κ3) is 2.58. The van der Waals surface area contributed by atoms with Gasteiger partial charge in [-0.15, -0.1) is 0 Å². The maximum Gasteiger partial charge on any atom is 0.341 e. The Morgan fingerprint density at radius 2 is 2.29 bits per heavy atom. The number of hydrogen-bond donors (Lipinski definition) is 1. The summed E-state index contributed by atoms with van der Waals surface area (Å²) in [6.45, 7) is 2.13. The molecule has 2 N–H and O–H groups in total. The van der Waals surface area contributed by atoms with Crippen LogP contribution in [0, 0.1) is 5.92 Å². The average molecular weight is 196 g/mol. The van der Waals surface area contributed by atoms with Crippen LogP contribution in [0.4, 0.5) is 0 Å². The van der Waals surface area contributed by atoms with Crippen LogP contribution in [0.1, 0.15) is 19.8 Å². The van der Waals surface area contributed by atoms with Crippen molar-refractivity contribution in [1.29, 1.82) is 0 Å². The molecule has 0 spiro atoms. The molecule has 4 nitrogen and oxygen atoms in total. The molecule has 4 heteroatoms. The number of esters is 1. The van der Waals surface area contributed by atoms with Crippen LogP contribution in [0.2, 0.25) is 0 Å². The van der Waals surface area contributed by atoms with Gasteiger partial charge in [0.15, 0.2) is 0 Å². The van der Waals surface area contributed by atoms with Gasteiger partial charge in [-0.1, -0.05) is 0 Å². The lowest BCUT2D eigenvalue weighted by atomic mass is 10.1. The highest BCUT2D eigenvalue weighted by Crippen LogP contribution is 2.35. The first kappa shape index (κ1) is 10.8. The maximum atomic E-state index is 11.5. The zero-order valence-electron chi connectivity index (χ0n) is 8.62. The predicted octanol–water partition coefficient (Wildman–Crippen LogP) is 0.873. The topological polar surface area (TPSA) is 64.7 Å². The minimum Gasteiger partial charge on any atom is -0.462 e. The van der Waals surface area contributed by atoms with Crippen molar-refractivity contribution < 1.29 is 9.53 Å². The largest absolute Gasteiger partial charge is 0.462 e. The molecule has 0 aromatic heterocycles. The normalized spacial score (nSPS) is 18.1. The van der Waals surface area contributed by atoms with E-state index < -0.39 is 0 Å². The van der Waals surface area contributed by atoms with Crippen molar-refractivity contribution in [2.24, 2.45) is 16.6 Å². The zero-order valence-corrected chi connectivity index (χ0v) is 8.62. The van der Waals surface area contributed by atoms with Gasteiger partial charge in [-0.05, 0) is 25.7 Å². The lowest BCUT2D eigenvalue weighted by molar-refractivity contribution is -0.137. The number of carbonyl (C=O) groups is 1. The van der Waals surface area contributed by atoms with Crippen molar-refractivity contribution in [3.05, 3.63) is 11.3 Å². The van der Waals surface area contributed by atoms with Crippen LogP contribution in [0.3, 0.4) is 0 Å². The molecular weight excluding hydrogens is 180 g/mol. The summed E-state index contributed by atoms with van der Waals surface area (Å²) in [5.41, 5.74) is 6.86. The second kappa shape index (κ2) is 4.79. The first-order chi connectivity index (χ1) is 6.70. The van der Waals surface area contributed by atoms with Crippen molar-refractivity contribution >= 4 is 12.2 Å². The lowest BCUT2D eigenvalue weighted by Gasteiger charge is -2.05. The lowest BCUT2D eigenvalue weighted by Crippen LogP contribution is -2.16. The number of nitrogens with zero attached hydrogens (tertiary/aromatic N) is 1.